The van der Waals surface area contributed by atoms with E-state index in [9.17, 15) is 9.59 Å². The second-order valence-electron chi connectivity index (χ2n) is 8.77. The molecule has 2 fully saturated rings. The summed E-state index contributed by atoms with van der Waals surface area (Å²) in [6.45, 7) is 3.01. The molecule has 3 atom stereocenters. The van der Waals surface area contributed by atoms with Crippen molar-refractivity contribution in [2.75, 3.05) is 20.2 Å². The largest absolute Gasteiger partial charge is 0.497 e. The maximum Gasteiger partial charge on any atom is 0.251 e. The Morgan fingerprint density at radius 3 is 2.76 bits per heavy atom. The summed E-state index contributed by atoms with van der Waals surface area (Å²) in [6, 6.07) is 14.5. The maximum absolute atomic E-state index is 12.8. The van der Waals surface area contributed by atoms with Gasteiger partial charge >= 0.3 is 0 Å². The number of piperazine rings is 1. The van der Waals surface area contributed by atoms with Crippen molar-refractivity contribution < 1.29 is 18.7 Å². The summed E-state index contributed by atoms with van der Waals surface area (Å²) in [5.74, 6) is 1.59. The SMILES string of the molecule is COc1ccc(-c2nnc(C[C@@H]3CNC(=O)[C@@H]4C[C@H](NC(=O)c5ccccc5C)CN34)o2)cc1. The number of amides is 2. The van der Waals surface area contributed by atoms with Crippen molar-refractivity contribution in [3.05, 3.63) is 65.5 Å². The average molecular weight is 462 g/mol. The quantitative estimate of drug-likeness (QED) is 0.578. The minimum atomic E-state index is -0.287. The molecule has 2 aliphatic rings. The van der Waals surface area contributed by atoms with Crippen LogP contribution in [0, 0.1) is 6.92 Å². The van der Waals surface area contributed by atoms with E-state index in [4.69, 9.17) is 9.15 Å². The van der Waals surface area contributed by atoms with E-state index < -0.39 is 0 Å². The third-order valence-corrected chi connectivity index (χ3v) is 6.56. The number of methoxy groups -OCH3 is 1. The van der Waals surface area contributed by atoms with E-state index in [2.05, 4.69) is 25.7 Å². The first kappa shape index (κ1) is 22.1. The Kier molecular flexibility index (Phi) is 6.02. The van der Waals surface area contributed by atoms with E-state index >= 15 is 0 Å². The lowest BCUT2D eigenvalue weighted by Crippen LogP contribution is -2.58. The molecular weight excluding hydrogens is 434 g/mol. The molecule has 176 valence electrons. The number of ether oxygens (including phenoxy) is 1. The molecule has 2 amide bonds. The summed E-state index contributed by atoms with van der Waals surface area (Å²) in [5.41, 5.74) is 2.40. The van der Waals surface area contributed by atoms with Gasteiger partial charge in [0, 0.05) is 42.7 Å². The van der Waals surface area contributed by atoms with Gasteiger partial charge in [0.25, 0.3) is 5.91 Å². The van der Waals surface area contributed by atoms with E-state index in [0.29, 0.717) is 43.3 Å². The molecule has 3 aromatic rings. The van der Waals surface area contributed by atoms with Gasteiger partial charge in [-0.25, -0.2) is 0 Å². The van der Waals surface area contributed by atoms with Gasteiger partial charge in [-0.2, -0.15) is 0 Å². The van der Waals surface area contributed by atoms with Gasteiger partial charge < -0.3 is 19.8 Å². The van der Waals surface area contributed by atoms with Crippen molar-refractivity contribution >= 4 is 11.8 Å². The normalized spacial score (nSPS) is 22.2. The molecular formula is C25H27N5O4. The van der Waals surface area contributed by atoms with Gasteiger partial charge in [0.15, 0.2) is 0 Å². The number of hydrogen-bond donors (Lipinski definition) is 2. The smallest absolute Gasteiger partial charge is 0.251 e. The first-order valence-electron chi connectivity index (χ1n) is 11.4. The number of rotatable bonds is 6. The van der Waals surface area contributed by atoms with Crippen molar-refractivity contribution in [2.45, 2.75) is 37.9 Å². The van der Waals surface area contributed by atoms with Crippen molar-refractivity contribution in [1.82, 2.24) is 25.7 Å². The van der Waals surface area contributed by atoms with Crippen molar-refractivity contribution in [1.29, 1.82) is 0 Å². The molecule has 34 heavy (non-hydrogen) atoms. The van der Waals surface area contributed by atoms with Crippen LogP contribution in [0.4, 0.5) is 0 Å². The van der Waals surface area contributed by atoms with Crippen LogP contribution in [0.3, 0.4) is 0 Å². The van der Waals surface area contributed by atoms with Crippen molar-refractivity contribution in [3.8, 4) is 17.2 Å². The molecule has 5 rings (SSSR count). The molecule has 9 heteroatoms. The number of aromatic nitrogens is 2. The minimum Gasteiger partial charge on any atom is -0.497 e. The second-order valence-corrected chi connectivity index (χ2v) is 8.77. The van der Waals surface area contributed by atoms with Crippen LogP contribution in [0.5, 0.6) is 5.75 Å². The number of fused-ring (bicyclic) bond motifs is 1. The summed E-state index contributed by atoms with van der Waals surface area (Å²) < 4.78 is 11.1. The highest BCUT2D eigenvalue weighted by Gasteiger charge is 2.44. The van der Waals surface area contributed by atoms with Crippen LogP contribution in [-0.2, 0) is 11.2 Å². The lowest BCUT2D eigenvalue weighted by atomic mass is 10.0. The fourth-order valence-corrected chi connectivity index (χ4v) is 4.75. The zero-order chi connectivity index (χ0) is 23.7. The number of nitrogens with zero attached hydrogens (tertiary/aromatic N) is 3. The van der Waals surface area contributed by atoms with Crippen LogP contribution in [-0.4, -0.2) is 65.2 Å². The number of aryl methyl sites for hydroxylation is 1. The van der Waals surface area contributed by atoms with Crippen LogP contribution in [0.1, 0.15) is 28.2 Å². The van der Waals surface area contributed by atoms with E-state index in [1.807, 2.05) is 55.5 Å². The van der Waals surface area contributed by atoms with E-state index in [1.165, 1.54) is 0 Å². The lowest BCUT2D eigenvalue weighted by Gasteiger charge is -2.36. The van der Waals surface area contributed by atoms with E-state index in [1.54, 1.807) is 7.11 Å². The Labute approximate surface area is 197 Å². The van der Waals surface area contributed by atoms with Gasteiger partial charge in [-0.05, 0) is 49.2 Å². The summed E-state index contributed by atoms with van der Waals surface area (Å²) >= 11 is 0. The number of nitrogens with one attached hydrogen (secondary N) is 2. The number of carbonyl (C=O) groups is 2. The summed E-state index contributed by atoms with van der Waals surface area (Å²) in [7, 11) is 1.62. The molecule has 0 bridgehead atoms. The molecule has 0 saturated carbocycles. The van der Waals surface area contributed by atoms with Crippen LogP contribution in [0.15, 0.2) is 52.9 Å². The van der Waals surface area contributed by atoms with E-state index in [0.717, 1.165) is 16.9 Å². The average Bonchev–Trinajstić information content (AvgIpc) is 3.49. The highest BCUT2D eigenvalue weighted by atomic mass is 16.5. The molecule has 2 aliphatic heterocycles. The maximum atomic E-state index is 12.8. The Hall–Kier alpha value is -3.72. The molecule has 0 aliphatic carbocycles. The predicted molar refractivity (Wildman–Crippen MR) is 124 cm³/mol. The number of carbonyl (C=O) groups excluding carboxylic acids is 2. The monoisotopic (exact) mass is 461 g/mol. The standard InChI is InChI=1S/C25H27N5O4/c1-15-5-3-4-6-20(15)23(31)27-17-11-21-24(32)26-13-18(30(21)14-17)12-22-28-29-25(34-22)16-7-9-19(33-2)10-8-16/h3-10,17-18,21H,11-14H2,1-2H3,(H,26,32)(H,27,31)/t17-,18+,21-/m0/s1. The number of benzene rings is 2. The Morgan fingerprint density at radius 2 is 2.00 bits per heavy atom. The molecule has 3 heterocycles. The van der Waals surface area contributed by atoms with Gasteiger partial charge in [-0.1, -0.05) is 18.2 Å². The van der Waals surface area contributed by atoms with E-state index in [-0.39, 0.29) is 29.9 Å². The van der Waals surface area contributed by atoms with Crippen LogP contribution < -0.4 is 15.4 Å². The lowest BCUT2D eigenvalue weighted by molar-refractivity contribution is -0.129. The van der Waals surface area contributed by atoms with Gasteiger partial charge in [0.1, 0.15) is 5.75 Å². The first-order chi connectivity index (χ1) is 16.5. The van der Waals surface area contributed by atoms with Gasteiger partial charge in [-0.15, -0.1) is 10.2 Å². The Balaban J connectivity index is 1.26. The molecule has 2 aromatic carbocycles. The first-order valence-corrected chi connectivity index (χ1v) is 11.4. The molecule has 1 aromatic heterocycles. The third-order valence-electron chi connectivity index (χ3n) is 6.56. The fourth-order valence-electron chi connectivity index (χ4n) is 4.75. The number of hydrogen-bond acceptors (Lipinski definition) is 7. The summed E-state index contributed by atoms with van der Waals surface area (Å²) in [6.07, 6.45) is 1.08. The molecule has 0 unspecified atom stereocenters. The Morgan fingerprint density at radius 1 is 1.21 bits per heavy atom. The third kappa shape index (κ3) is 4.38. The highest BCUT2D eigenvalue weighted by molar-refractivity contribution is 5.96. The van der Waals surface area contributed by atoms with Gasteiger partial charge in [-0.3, -0.25) is 14.5 Å². The zero-order valence-electron chi connectivity index (χ0n) is 19.2. The molecule has 0 radical (unpaired) electrons. The highest BCUT2D eigenvalue weighted by Crippen LogP contribution is 2.27. The van der Waals surface area contributed by atoms with Crippen LogP contribution >= 0.6 is 0 Å². The Bertz CT molecular complexity index is 1190. The molecule has 2 N–H and O–H groups in total. The minimum absolute atomic E-state index is 0.00617. The van der Waals surface area contributed by atoms with Gasteiger partial charge in [0.05, 0.1) is 13.2 Å². The van der Waals surface area contributed by atoms with Crippen molar-refractivity contribution in [2.24, 2.45) is 0 Å². The fraction of sp³-hybridized carbons (Fsp3) is 0.360. The summed E-state index contributed by atoms with van der Waals surface area (Å²) in [4.78, 5) is 27.5. The van der Waals surface area contributed by atoms with Gasteiger partial charge in [0.2, 0.25) is 17.7 Å². The molecule has 9 nitrogen and oxygen atoms in total. The zero-order valence-corrected chi connectivity index (χ0v) is 19.2. The topological polar surface area (TPSA) is 110 Å². The predicted octanol–water partition coefficient (Wildman–Crippen LogP) is 1.97. The van der Waals surface area contributed by atoms with Crippen molar-refractivity contribution in [3.63, 3.8) is 0 Å². The van der Waals surface area contributed by atoms with Crippen LogP contribution in [0.2, 0.25) is 0 Å². The van der Waals surface area contributed by atoms with Crippen LogP contribution in [0.25, 0.3) is 11.5 Å². The molecule has 0 spiro atoms. The summed E-state index contributed by atoms with van der Waals surface area (Å²) in [5, 5.41) is 14.5. The molecule has 2 saturated heterocycles. The second kappa shape index (κ2) is 9.26.